The third-order valence-electron chi connectivity index (χ3n) is 3.29. The number of nitriles is 1. The van der Waals surface area contributed by atoms with Gasteiger partial charge in [-0.1, -0.05) is 24.3 Å². The third kappa shape index (κ3) is 2.45. The highest BCUT2D eigenvalue weighted by Gasteiger charge is 2.10. The standard InChI is InChI=1S/C17H11N3O2/c18-9-12-8-7-11(10-19-12)17(22)20-15-5-1-4-14-13(15)3-2-6-16(14)21/h1-8,10,21H,(H,20,22). The van der Waals surface area contributed by atoms with Crippen LogP contribution in [0.15, 0.2) is 54.7 Å². The first-order valence-electron chi connectivity index (χ1n) is 6.57. The monoisotopic (exact) mass is 289 g/mol. The molecule has 0 saturated heterocycles. The van der Waals surface area contributed by atoms with Crippen LogP contribution in [-0.4, -0.2) is 16.0 Å². The second kappa shape index (κ2) is 5.54. The molecule has 3 rings (SSSR count). The maximum absolute atomic E-state index is 12.2. The molecule has 3 aromatic rings. The Morgan fingerprint density at radius 1 is 1.09 bits per heavy atom. The number of aromatic nitrogens is 1. The Morgan fingerprint density at radius 3 is 2.59 bits per heavy atom. The number of aromatic hydroxyl groups is 1. The predicted octanol–water partition coefficient (Wildman–Crippen LogP) is 3.06. The van der Waals surface area contributed by atoms with E-state index >= 15 is 0 Å². The van der Waals surface area contributed by atoms with E-state index in [0.717, 1.165) is 5.39 Å². The van der Waals surface area contributed by atoms with Crippen molar-refractivity contribution >= 4 is 22.4 Å². The fourth-order valence-corrected chi connectivity index (χ4v) is 2.19. The van der Waals surface area contributed by atoms with E-state index in [2.05, 4.69) is 10.3 Å². The number of nitrogens with zero attached hydrogens (tertiary/aromatic N) is 2. The van der Waals surface area contributed by atoms with Gasteiger partial charge in [0.1, 0.15) is 17.5 Å². The number of nitrogens with one attached hydrogen (secondary N) is 1. The van der Waals surface area contributed by atoms with E-state index in [1.165, 1.54) is 12.3 Å². The first-order valence-corrected chi connectivity index (χ1v) is 6.57. The smallest absolute Gasteiger partial charge is 0.257 e. The summed E-state index contributed by atoms with van der Waals surface area (Å²) >= 11 is 0. The molecule has 1 heterocycles. The van der Waals surface area contributed by atoms with Crippen LogP contribution in [0.3, 0.4) is 0 Å². The van der Waals surface area contributed by atoms with Crippen LogP contribution < -0.4 is 5.32 Å². The van der Waals surface area contributed by atoms with Crippen LogP contribution in [0.1, 0.15) is 16.1 Å². The van der Waals surface area contributed by atoms with Crippen LogP contribution >= 0.6 is 0 Å². The Morgan fingerprint density at radius 2 is 1.86 bits per heavy atom. The van der Waals surface area contributed by atoms with Crippen LogP contribution in [0.25, 0.3) is 10.8 Å². The highest BCUT2D eigenvalue weighted by molar-refractivity contribution is 6.09. The van der Waals surface area contributed by atoms with E-state index < -0.39 is 0 Å². The number of carbonyl (C=O) groups excluding carboxylic acids is 1. The van der Waals surface area contributed by atoms with Crippen LogP contribution in [0.5, 0.6) is 5.75 Å². The third-order valence-corrected chi connectivity index (χ3v) is 3.29. The fourth-order valence-electron chi connectivity index (χ4n) is 2.19. The molecule has 0 aliphatic rings. The molecule has 0 aliphatic heterocycles. The maximum Gasteiger partial charge on any atom is 0.257 e. The van der Waals surface area contributed by atoms with Crippen molar-refractivity contribution < 1.29 is 9.90 Å². The van der Waals surface area contributed by atoms with Crippen molar-refractivity contribution in [1.29, 1.82) is 5.26 Å². The van der Waals surface area contributed by atoms with E-state index in [9.17, 15) is 9.90 Å². The molecule has 2 aromatic carbocycles. The second-order valence-corrected chi connectivity index (χ2v) is 4.68. The number of rotatable bonds is 2. The summed E-state index contributed by atoms with van der Waals surface area (Å²) in [5, 5.41) is 22.8. The molecule has 0 fully saturated rings. The number of phenols is 1. The van der Waals surface area contributed by atoms with Gasteiger partial charge in [-0.25, -0.2) is 4.98 Å². The van der Waals surface area contributed by atoms with E-state index in [1.54, 1.807) is 36.4 Å². The zero-order valence-electron chi connectivity index (χ0n) is 11.4. The maximum atomic E-state index is 12.2. The Balaban J connectivity index is 1.94. The van der Waals surface area contributed by atoms with E-state index in [0.29, 0.717) is 16.6 Å². The molecule has 0 bridgehead atoms. The molecule has 0 spiro atoms. The first kappa shape index (κ1) is 13.6. The number of anilines is 1. The van der Waals surface area contributed by atoms with Crippen molar-refractivity contribution in [2.75, 3.05) is 5.32 Å². The molecule has 2 N–H and O–H groups in total. The number of amides is 1. The summed E-state index contributed by atoms with van der Waals surface area (Å²) in [7, 11) is 0. The normalized spacial score (nSPS) is 10.1. The number of fused-ring (bicyclic) bond motifs is 1. The van der Waals surface area contributed by atoms with Crippen LogP contribution in [0.2, 0.25) is 0 Å². The van der Waals surface area contributed by atoms with Gasteiger partial charge in [0, 0.05) is 22.7 Å². The summed E-state index contributed by atoms with van der Waals surface area (Å²) in [4.78, 5) is 16.1. The molecule has 5 heteroatoms. The Labute approximate surface area is 126 Å². The number of phenolic OH excluding ortho intramolecular Hbond substituents is 1. The number of hydrogen-bond donors (Lipinski definition) is 2. The van der Waals surface area contributed by atoms with Gasteiger partial charge in [-0.2, -0.15) is 5.26 Å². The van der Waals surface area contributed by atoms with Crippen molar-refractivity contribution in [2.24, 2.45) is 0 Å². The van der Waals surface area contributed by atoms with Gasteiger partial charge in [0.25, 0.3) is 5.91 Å². The van der Waals surface area contributed by atoms with E-state index in [1.807, 2.05) is 12.1 Å². The fraction of sp³-hybridized carbons (Fsp3) is 0. The quantitative estimate of drug-likeness (QED) is 0.759. The Bertz CT molecular complexity index is 896. The topological polar surface area (TPSA) is 86.0 Å². The molecule has 22 heavy (non-hydrogen) atoms. The molecule has 106 valence electrons. The lowest BCUT2D eigenvalue weighted by molar-refractivity contribution is 0.102. The highest BCUT2D eigenvalue weighted by Crippen LogP contribution is 2.29. The zero-order chi connectivity index (χ0) is 15.5. The molecule has 0 aliphatic carbocycles. The van der Waals surface area contributed by atoms with Gasteiger partial charge in [-0.15, -0.1) is 0 Å². The molecule has 0 unspecified atom stereocenters. The van der Waals surface area contributed by atoms with Crippen molar-refractivity contribution in [3.63, 3.8) is 0 Å². The SMILES string of the molecule is N#Cc1ccc(C(=O)Nc2cccc3c(O)cccc23)cn1. The van der Waals surface area contributed by atoms with Crippen LogP contribution in [0.4, 0.5) is 5.69 Å². The molecule has 1 amide bonds. The minimum absolute atomic E-state index is 0.161. The first-order chi connectivity index (χ1) is 10.7. The summed E-state index contributed by atoms with van der Waals surface area (Å²) in [6.07, 6.45) is 1.36. The van der Waals surface area contributed by atoms with Gasteiger partial charge in [0.2, 0.25) is 0 Å². The average molecular weight is 289 g/mol. The summed E-state index contributed by atoms with van der Waals surface area (Å²) in [5.41, 5.74) is 1.21. The van der Waals surface area contributed by atoms with Gasteiger partial charge in [-0.3, -0.25) is 4.79 Å². The van der Waals surface area contributed by atoms with E-state index in [4.69, 9.17) is 5.26 Å². The molecular weight excluding hydrogens is 278 g/mol. The molecule has 1 aromatic heterocycles. The minimum Gasteiger partial charge on any atom is -0.507 e. The summed E-state index contributed by atoms with van der Waals surface area (Å²) in [5.74, 6) is -0.165. The van der Waals surface area contributed by atoms with Gasteiger partial charge < -0.3 is 10.4 Å². The number of pyridine rings is 1. The van der Waals surface area contributed by atoms with Gasteiger partial charge >= 0.3 is 0 Å². The Hall–Kier alpha value is -3.39. The second-order valence-electron chi connectivity index (χ2n) is 4.68. The number of carbonyl (C=O) groups is 1. The summed E-state index contributed by atoms with van der Waals surface area (Å²) in [6, 6.07) is 15.4. The van der Waals surface area contributed by atoms with Gasteiger partial charge in [-0.05, 0) is 24.3 Å². The van der Waals surface area contributed by atoms with Crippen molar-refractivity contribution in [3.8, 4) is 11.8 Å². The molecule has 0 atom stereocenters. The summed E-state index contributed by atoms with van der Waals surface area (Å²) in [6.45, 7) is 0. The molecule has 0 saturated carbocycles. The number of hydrogen-bond acceptors (Lipinski definition) is 4. The van der Waals surface area contributed by atoms with Crippen LogP contribution in [0, 0.1) is 11.3 Å². The van der Waals surface area contributed by atoms with Crippen molar-refractivity contribution in [2.45, 2.75) is 0 Å². The zero-order valence-corrected chi connectivity index (χ0v) is 11.4. The lowest BCUT2D eigenvalue weighted by Crippen LogP contribution is -2.12. The number of benzene rings is 2. The molecule has 5 nitrogen and oxygen atoms in total. The summed E-state index contributed by atoms with van der Waals surface area (Å²) < 4.78 is 0. The van der Waals surface area contributed by atoms with Crippen molar-refractivity contribution in [3.05, 3.63) is 66.0 Å². The minimum atomic E-state index is -0.326. The van der Waals surface area contributed by atoms with Crippen molar-refractivity contribution in [1.82, 2.24) is 4.98 Å². The van der Waals surface area contributed by atoms with E-state index in [-0.39, 0.29) is 17.4 Å². The Kier molecular flexibility index (Phi) is 3.42. The van der Waals surface area contributed by atoms with Crippen LogP contribution in [-0.2, 0) is 0 Å². The highest BCUT2D eigenvalue weighted by atomic mass is 16.3. The predicted molar refractivity (Wildman–Crippen MR) is 82.5 cm³/mol. The largest absolute Gasteiger partial charge is 0.507 e. The average Bonchev–Trinajstić information content (AvgIpc) is 2.56. The van der Waals surface area contributed by atoms with Gasteiger partial charge in [0.05, 0.1) is 5.56 Å². The molecular formula is C17H11N3O2. The lowest BCUT2D eigenvalue weighted by atomic mass is 10.1. The molecule has 0 radical (unpaired) electrons. The van der Waals surface area contributed by atoms with Gasteiger partial charge in [0.15, 0.2) is 0 Å². The lowest BCUT2D eigenvalue weighted by Gasteiger charge is -2.09.